The Labute approximate surface area is 227 Å². The van der Waals surface area contributed by atoms with Crippen LogP contribution in [0.1, 0.15) is 25.0 Å². The molecule has 0 bridgehead atoms. The number of ether oxygens (including phenoxy) is 2. The number of hydrogen-bond donors (Lipinski definition) is 1. The monoisotopic (exact) mass is 555 g/mol. The standard InChI is InChI=1S/C28H25ClF3N5O2/c1-3-38-23-11-8-17(14-24(23)39-4-2)12-13-33-26-21-16-20(29)9-10-22(21)37-27(34-26)25(35-36-37)18-6-5-7-19(15-18)28(30,31)32/h5-11,14-16H,3-4,12-13H2,1-2H3,(H,33,34). The molecule has 0 aliphatic carbocycles. The van der Waals surface area contributed by atoms with Crippen LogP contribution in [-0.4, -0.2) is 39.6 Å². The molecule has 0 saturated carbocycles. The van der Waals surface area contributed by atoms with E-state index in [4.69, 9.17) is 26.1 Å². The van der Waals surface area contributed by atoms with Crippen molar-refractivity contribution >= 4 is 34.0 Å². The number of alkyl halides is 3. The summed E-state index contributed by atoms with van der Waals surface area (Å²) in [6.07, 6.45) is -3.83. The summed E-state index contributed by atoms with van der Waals surface area (Å²) in [6, 6.07) is 16.1. The highest BCUT2D eigenvalue weighted by molar-refractivity contribution is 6.31. The summed E-state index contributed by atoms with van der Waals surface area (Å²) < 4.78 is 52.9. The predicted molar refractivity (Wildman–Crippen MR) is 145 cm³/mol. The molecule has 202 valence electrons. The van der Waals surface area contributed by atoms with E-state index < -0.39 is 11.7 Å². The van der Waals surface area contributed by atoms with E-state index in [1.807, 2.05) is 32.0 Å². The molecule has 2 heterocycles. The maximum Gasteiger partial charge on any atom is 0.416 e. The number of halogens is 4. The van der Waals surface area contributed by atoms with Crippen LogP contribution in [-0.2, 0) is 12.6 Å². The molecule has 0 aliphatic heterocycles. The molecule has 0 atom stereocenters. The molecule has 5 aromatic rings. The second kappa shape index (κ2) is 11.0. The highest BCUT2D eigenvalue weighted by Crippen LogP contribution is 2.34. The van der Waals surface area contributed by atoms with Crippen LogP contribution in [0.4, 0.5) is 19.0 Å². The zero-order valence-electron chi connectivity index (χ0n) is 21.2. The zero-order valence-corrected chi connectivity index (χ0v) is 22.0. The Bertz CT molecular complexity index is 1640. The fraction of sp³-hybridized carbons (Fsp3) is 0.250. The van der Waals surface area contributed by atoms with Gasteiger partial charge < -0.3 is 14.8 Å². The number of nitrogens with zero attached hydrogens (tertiary/aromatic N) is 4. The third kappa shape index (κ3) is 5.56. The predicted octanol–water partition coefficient (Wildman–Crippen LogP) is 7.07. The molecular formula is C28H25ClF3N5O2. The number of fused-ring (bicyclic) bond motifs is 3. The minimum atomic E-state index is -4.48. The lowest BCUT2D eigenvalue weighted by Crippen LogP contribution is -2.09. The number of benzene rings is 3. The molecule has 11 heteroatoms. The summed E-state index contributed by atoms with van der Waals surface area (Å²) in [5.41, 5.74) is 1.77. The first-order valence-corrected chi connectivity index (χ1v) is 12.8. The first-order valence-electron chi connectivity index (χ1n) is 12.4. The van der Waals surface area contributed by atoms with E-state index in [0.717, 1.165) is 17.7 Å². The first kappa shape index (κ1) is 26.6. The smallest absolute Gasteiger partial charge is 0.416 e. The van der Waals surface area contributed by atoms with Gasteiger partial charge in [-0.15, -0.1) is 5.10 Å². The van der Waals surface area contributed by atoms with E-state index in [1.54, 1.807) is 24.3 Å². The van der Waals surface area contributed by atoms with Crippen molar-refractivity contribution in [3.05, 3.63) is 76.8 Å². The SMILES string of the molecule is CCOc1ccc(CCNc2nc3c(-c4cccc(C(F)(F)F)c4)nnn3c3ccc(Cl)cc23)cc1OCC. The molecule has 0 amide bonds. The number of hydrogen-bond acceptors (Lipinski definition) is 6. The highest BCUT2D eigenvalue weighted by Gasteiger charge is 2.31. The molecule has 0 saturated heterocycles. The summed E-state index contributed by atoms with van der Waals surface area (Å²) >= 11 is 6.29. The molecule has 0 unspecified atom stereocenters. The highest BCUT2D eigenvalue weighted by atomic mass is 35.5. The quantitative estimate of drug-likeness (QED) is 0.210. The van der Waals surface area contributed by atoms with E-state index >= 15 is 0 Å². The maximum atomic E-state index is 13.3. The van der Waals surface area contributed by atoms with Crippen molar-refractivity contribution in [3.63, 3.8) is 0 Å². The molecule has 2 aromatic heterocycles. The lowest BCUT2D eigenvalue weighted by Gasteiger charge is -2.14. The topological polar surface area (TPSA) is 73.6 Å². The van der Waals surface area contributed by atoms with Crippen LogP contribution in [0.5, 0.6) is 11.5 Å². The van der Waals surface area contributed by atoms with Crippen molar-refractivity contribution in [2.45, 2.75) is 26.4 Å². The van der Waals surface area contributed by atoms with Gasteiger partial charge in [-0.25, -0.2) is 4.98 Å². The Morgan fingerprint density at radius 2 is 1.74 bits per heavy atom. The van der Waals surface area contributed by atoms with Crippen molar-refractivity contribution in [2.75, 3.05) is 25.1 Å². The van der Waals surface area contributed by atoms with Crippen LogP contribution >= 0.6 is 11.6 Å². The molecule has 3 aromatic carbocycles. The van der Waals surface area contributed by atoms with Gasteiger partial charge in [0.05, 0.1) is 24.3 Å². The number of nitrogens with one attached hydrogen (secondary N) is 1. The van der Waals surface area contributed by atoms with Gasteiger partial charge in [0.1, 0.15) is 11.5 Å². The fourth-order valence-electron chi connectivity index (χ4n) is 4.33. The first-order chi connectivity index (χ1) is 18.8. The minimum Gasteiger partial charge on any atom is -0.490 e. The lowest BCUT2D eigenvalue weighted by molar-refractivity contribution is -0.137. The van der Waals surface area contributed by atoms with Gasteiger partial charge in [0.25, 0.3) is 0 Å². The van der Waals surface area contributed by atoms with Gasteiger partial charge in [-0.3, -0.25) is 0 Å². The Morgan fingerprint density at radius 3 is 2.51 bits per heavy atom. The van der Waals surface area contributed by atoms with Gasteiger partial charge in [0, 0.05) is 22.5 Å². The van der Waals surface area contributed by atoms with Crippen molar-refractivity contribution in [3.8, 4) is 22.8 Å². The molecule has 0 fully saturated rings. The second-order valence-corrected chi connectivity index (χ2v) is 9.13. The van der Waals surface area contributed by atoms with E-state index in [2.05, 4.69) is 15.6 Å². The van der Waals surface area contributed by atoms with Crippen LogP contribution in [0.2, 0.25) is 5.02 Å². The van der Waals surface area contributed by atoms with Crippen molar-refractivity contribution in [2.24, 2.45) is 0 Å². The minimum absolute atomic E-state index is 0.244. The van der Waals surface area contributed by atoms with Gasteiger partial charge in [-0.05, 0) is 68.3 Å². The molecule has 7 nitrogen and oxygen atoms in total. The van der Waals surface area contributed by atoms with E-state index in [-0.39, 0.29) is 11.3 Å². The Balaban J connectivity index is 1.49. The van der Waals surface area contributed by atoms with Crippen LogP contribution in [0.25, 0.3) is 27.8 Å². The largest absolute Gasteiger partial charge is 0.490 e. The number of aromatic nitrogens is 4. The average Bonchev–Trinajstić information content (AvgIpc) is 3.34. The molecule has 0 aliphatic rings. The summed E-state index contributed by atoms with van der Waals surface area (Å²) in [5, 5.41) is 12.9. The Hall–Kier alpha value is -4.05. The van der Waals surface area contributed by atoms with E-state index in [1.165, 1.54) is 10.6 Å². The summed E-state index contributed by atoms with van der Waals surface area (Å²) in [4.78, 5) is 4.73. The molecule has 39 heavy (non-hydrogen) atoms. The molecule has 5 rings (SSSR count). The van der Waals surface area contributed by atoms with E-state index in [0.29, 0.717) is 65.1 Å². The zero-order chi connectivity index (χ0) is 27.6. The number of rotatable bonds is 9. The normalized spacial score (nSPS) is 11.7. The third-order valence-corrected chi connectivity index (χ3v) is 6.32. The summed E-state index contributed by atoms with van der Waals surface area (Å²) in [6.45, 7) is 5.41. The van der Waals surface area contributed by atoms with Crippen molar-refractivity contribution < 1.29 is 22.6 Å². The van der Waals surface area contributed by atoms with Gasteiger partial charge >= 0.3 is 6.18 Å². The third-order valence-electron chi connectivity index (χ3n) is 6.08. The van der Waals surface area contributed by atoms with Crippen molar-refractivity contribution in [1.29, 1.82) is 0 Å². The summed E-state index contributed by atoms with van der Waals surface area (Å²) in [5.74, 6) is 1.90. The average molecular weight is 556 g/mol. The molecule has 1 N–H and O–H groups in total. The maximum absolute atomic E-state index is 13.3. The number of anilines is 1. The van der Waals surface area contributed by atoms with Crippen LogP contribution in [0, 0.1) is 0 Å². The fourth-order valence-corrected chi connectivity index (χ4v) is 4.50. The van der Waals surface area contributed by atoms with Crippen LogP contribution in [0.3, 0.4) is 0 Å². The van der Waals surface area contributed by atoms with Crippen LogP contribution in [0.15, 0.2) is 60.7 Å². The second-order valence-electron chi connectivity index (χ2n) is 8.70. The van der Waals surface area contributed by atoms with Crippen molar-refractivity contribution in [1.82, 2.24) is 19.8 Å². The lowest BCUT2D eigenvalue weighted by atomic mass is 10.1. The van der Waals surface area contributed by atoms with Gasteiger partial charge in [0.2, 0.25) is 0 Å². The van der Waals surface area contributed by atoms with E-state index in [9.17, 15) is 13.2 Å². The molecular weight excluding hydrogens is 531 g/mol. The van der Waals surface area contributed by atoms with Gasteiger partial charge in [-0.1, -0.05) is 35.0 Å². The molecule has 0 radical (unpaired) electrons. The Kier molecular flexibility index (Phi) is 7.47. The summed E-state index contributed by atoms with van der Waals surface area (Å²) in [7, 11) is 0. The molecule has 0 spiro atoms. The van der Waals surface area contributed by atoms with Crippen LogP contribution < -0.4 is 14.8 Å². The Morgan fingerprint density at radius 1 is 0.949 bits per heavy atom. The van der Waals surface area contributed by atoms with Gasteiger partial charge in [0.15, 0.2) is 17.1 Å². The van der Waals surface area contributed by atoms with Gasteiger partial charge in [-0.2, -0.15) is 17.7 Å².